The summed E-state index contributed by atoms with van der Waals surface area (Å²) in [5, 5.41) is 9.35. The van der Waals surface area contributed by atoms with Crippen molar-refractivity contribution in [3.8, 4) is 0 Å². The Bertz CT molecular complexity index is 498. The van der Waals surface area contributed by atoms with Crippen LogP contribution in [0.2, 0.25) is 0 Å². The molecule has 1 aliphatic rings. The van der Waals surface area contributed by atoms with Crippen LogP contribution in [0.15, 0.2) is 10.5 Å². The Kier molecular flexibility index (Phi) is 4.94. The predicted octanol–water partition coefficient (Wildman–Crippen LogP) is 1.57. The van der Waals surface area contributed by atoms with Crippen LogP contribution in [0.5, 0.6) is 0 Å². The number of carbonyl (C=O) groups is 1. The SMILES string of the molecule is CC(C)C1=NOC(C(=O)NCCCc2csc(N)n2)C1. The average molecular weight is 296 g/mol. The Balaban J connectivity index is 1.64. The van der Waals surface area contributed by atoms with E-state index >= 15 is 0 Å². The fourth-order valence-corrected chi connectivity index (χ4v) is 2.51. The van der Waals surface area contributed by atoms with Crippen molar-refractivity contribution in [1.82, 2.24) is 10.3 Å². The summed E-state index contributed by atoms with van der Waals surface area (Å²) in [5.41, 5.74) is 7.48. The molecule has 1 amide bonds. The highest BCUT2D eigenvalue weighted by Gasteiger charge is 2.28. The van der Waals surface area contributed by atoms with Crippen LogP contribution in [-0.2, 0) is 16.1 Å². The number of thiazole rings is 1. The van der Waals surface area contributed by atoms with Crippen molar-refractivity contribution in [3.05, 3.63) is 11.1 Å². The second-order valence-corrected chi connectivity index (χ2v) is 6.00. The molecule has 2 rings (SSSR count). The monoisotopic (exact) mass is 296 g/mol. The number of carbonyl (C=O) groups excluding carboxylic acids is 1. The van der Waals surface area contributed by atoms with Gasteiger partial charge in [0, 0.05) is 18.3 Å². The third kappa shape index (κ3) is 3.93. The van der Waals surface area contributed by atoms with Gasteiger partial charge in [-0.05, 0) is 18.8 Å². The zero-order chi connectivity index (χ0) is 14.5. The summed E-state index contributed by atoms with van der Waals surface area (Å²) in [5.74, 6) is 0.227. The van der Waals surface area contributed by atoms with E-state index in [0.717, 1.165) is 24.2 Å². The van der Waals surface area contributed by atoms with E-state index in [4.69, 9.17) is 10.6 Å². The van der Waals surface area contributed by atoms with Gasteiger partial charge in [0.2, 0.25) is 6.10 Å². The first-order valence-corrected chi connectivity index (χ1v) is 7.64. The van der Waals surface area contributed by atoms with Gasteiger partial charge in [-0.15, -0.1) is 11.3 Å². The van der Waals surface area contributed by atoms with Crippen molar-refractivity contribution in [2.24, 2.45) is 11.1 Å². The van der Waals surface area contributed by atoms with Crippen LogP contribution in [0, 0.1) is 5.92 Å². The lowest BCUT2D eigenvalue weighted by Gasteiger charge is -2.09. The maximum absolute atomic E-state index is 11.9. The molecule has 1 aromatic heterocycles. The van der Waals surface area contributed by atoms with Gasteiger partial charge in [0.25, 0.3) is 5.91 Å². The van der Waals surface area contributed by atoms with Crippen molar-refractivity contribution in [1.29, 1.82) is 0 Å². The van der Waals surface area contributed by atoms with E-state index in [0.29, 0.717) is 24.0 Å². The lowest BCUT2D eigenvalue weighted by molar-refractivity contribution is -0.131. The molecule has 1 atom stereocenters. The summed E-state index contributed by atoms with van der Waals surface area (Å²) in [7, 11) is 0. The number of aromatic nitrogens is 1. The smallest absolute Gasteiger partial charge is 0.264 e. The number of nitrogen functional groups attached to an aromatic ring is 1. The van der Waals surface area contributed by atoms with Crippen LogP contribution in [0.1, 0.15) is 32.4 Å². The highest BCUT2D eigenvalue weighted by molar-refractivity contribution is 7.13. The normalized spacial score (nSPS) is 17.9. The molecule has 0 spiro atoms. The summed E-state index contributed by atoms with van der Waals surface area (Å²) in [6, 6.07) is 0. The average Bonchev–Trinajstić information content (AvgIpc) is 3.03. The molecule has 0 fully saturated rings. The Morgan fingerprint density at radius 2 is 2.45 bits per heavy atom. The van der Waals surface area contributed by atoms with Crippen molar-refractivity contribution in [3.63, 3.8) is 0 Å². The lowest BCUT2D eigenvalue weighted by Crippen LogP contribution is -2.35. The zero-order valence-corrected chi connectivity index (χ0v) is 12.6. The standard InChI is InChI=1S/C13H20N4O2S/c1-8(2)10-6-11(19-17-10)12(18)15-5-3-4-9-7-20-13(14)16-9/h7-8,11H,3-6H2,1-2H3,(H2,14,16)(H,15,18). The molecule has 0 radical (unpaired) electrons. The molecule has 6 nitrogen and oxygen atoms in total. The summed E-state index contributed by atoms with van der Waals surface area (Å²) in [6.45, 7) is 4.69. The molecule has 1 aliphatic heterocycles. The van der Waals surface area contributed by atoms with Crippen molar-refractivity contribution < 1.29 is 9.63 Å². The molecular formula is C13H20N4O2S. The number of anilines is 1. The third-order valence-corrected chi connectivity index (χ3v) is 3.85. The number of rotatable bonds is 6. The molecule has 7 heteroatoms. The number of oxime groups is 1. The Morgan fingerprint density at radius 1 is 1.65 bits per heavy atom. The quantitative estimate of drug-likeness (QED) is 0.780. The van der Waals surface area contributed by atoms with E-state index in [2.05, 4.69) is 15.5 Å². The van der Waals surface area contributed by atoms with Gasteiger partial charge in [-0.3, -0.25) is 4.79 Å². The number of nitrogens with zero attached hydrogens (tertiary/aromatic N) is 2. The van der Waals surface area contributed by atoms with Crippen LogP contribution < -0.4 is 11.1 Å². The van der Waals surface area contributed by atoms with Crippen LogP contribution in [0.25, 0.3) is 0 Å². The molecule has 1 aromatic rings. The molecule has 0 bridgehead atoms. The lowest BCUT2D eigenvalue weighted by atomic mass is 10.0. The minimum Gasteiger partial charge on any atom is -0.382 e. The van der Waals surface area contributed by atoms with E-state index in [1.807, 2.05) is 19.2 Å². The predicted molar refractivity (Wildman–Crippen MR) is 79.6 cm³/mol. The minimum absolute atomic E-state index is 0.0952. The third-order valence-electron chi connectivity index (χ3n) is 3.13. The van der Waals surface area contributed by atoms with E-state index < -0.39 is 6.10 Å². The van der Waals surface area contributed by atoms with Crippen molar-refractivity contribution in [2.45, 2.75) is 39.2 Å². The summed E-state index contributed by atoms with van der Waals surface area (Å²) in [6.07, 6.45) is 1.76. The molecule has 3 N–H and O–H groups in total. The second kappa shape index (κ2) is 6.69. The number of aryl methyl sites for hydroxylation is 1. The summed E-state index contributed by atoms with van der Waals surface area (Å²) >= 11 is 1.44. The molecule has 2 heterocycles. The topological polar surface area (TPSA) is 89.6 Å². The zero-order valence-electron chi connectivity index (χ0n) is 11.8. The number of nitrogens with one attached hydrogen (secondary N) is 1. The number of amides is 1. The van der Waals surface area contributed by atoms with Crippen molar-refractivity contribution in [2.75, 3.05) is 12.3 Å². The first-order chi connectivity index (χ1) is 9.56. The highest BCUT2D eigenvalue weighted by atomic mass is 32.1. The van der Waals surface area contributed by atoms with Gasteiger partial charge in [0.05, 0.1) is 11.4 Å². The Labute approximate surface area is 122 Å². The van der Waals surface area contributed by atoms with E-state index in [1.54, 1.807) is 0 Å². The van der Waals surface area contributed by atoms with Gasteiger partial charge in [-0.25, -0.2) is 4.98 Å². The molecule has 0 saturated heterocycles. The van der Waals surface area contributed by atoms with E-state index in [9.17, 15) is 4.79 Å². The van der Waals surface area contributed by atoms with Gasteiger partial charge < -0.3 is 15.9 Å². The molecule has 1 unspecified atom stereocenters. The molecule has 110 valence electrons. The minimum atomic E-state index is -0.470. The van der Waals surface area contributed by atoms with Crippen LogP contribution in [-0.4, -0.2) is 29.3 Å². The van der Waals surface area contributed by atoms with Gasteiger partial charge >= 0.3 is 0 Å². The first-order valence-electron chi connectivity index (χ1n) is 6.76. The van der Waals surface area contributed by atoms with Gasteiger partial charge in [-0.2, -0.15) is 0 Å². The number of hydrogen-bond donors (Lipinski definition) is 2. The molecule has 20 heavy (non-hydrogen) atoms. The summed E-state index contributed by atoms with van der Waals surface area (Å²) < 4.78 is 0. The van der Waals surface area contributed by atoms with Crippen LogP contribution >= 0.6 is 11.3 Å². The van der Waals surface area contributed by atoms with E-state index in [-0.39, 0.29) is 5.91 Å². The molecule has 0 aromatic carbocycles. The largest absolute Gasteiger partial charge is 0.382 e. The first kappa shape index (κ1) is 14.8. The fraction of sp³-hybridized carbons (Fsp3) is 0.615. The highest BCUT2D eigenvalue weighted by Crippen LogP contribution is 2.16. The molecular weight excluding hydrogens is 276 g/mol. The Hall–Kier alpha value is -1.63. The summed E-state index contributed by atoms with van der Waals surface area (Å²) in [4.78, 5) is 21.2. The van der Waals surface area contributed by atoms with Crippen molar-refractivity contribution >= 4 is 28.1 Å². The maximum Gasteiger partial charge on any atom is 0.264 e. The fourth-order valence-electron chi connectivity index (χ4n) is 1.91. The maximum atomic E-state index is 11.9. The van der Waals surface area contributed by atoms with Gasteiger partial charge in [0.1, 0.15) is 0 Å². The van der Waals surface area contributed by atoms with Gasteiger partial charge in [0.15, 0.2) is 5.13 Å². The second-order valence-electron chi connectivity index (χ2n) is 5.11. The van der Waals surface area contributed by atoms with Crippen LogP contribution in [0.3, 0.4) is 0 Å². The molecule has 0 aliphatic carbocycles. The Morgan fingerprint density at radius 3 is 3.05 bits per heavy atom. The number of nitrogens with two attached hydrogens (primary N) is 1. The molecule has 0 saturated carbocycles. The van der Waals surface area contributed by atoms with Crippen LogP contribution in [0.4, 0.5) is 5.13 Å². The van der Waals surface area contributed by atoms with E-state index in [1.165, 1.54) is 11.3 Å². The van der Waals surface area contributed by atoms with Gasteiger partial charge in [-0.1, -0.05) is 19.0 Å². The number of hydrogen-bond acceptors (Lipinski definition) is 6.